The van der Waals surface area contributed by atoms with E-state index in [1.165, 1.54) is 0 Å². The monoisotopic (exact) mass is 148 g/mol. The average molecular weight is 148 g/mol. The molecule has 0 aliphatic rings. The van der Waals surface area contributed by atoms with E-state index in [-0.39, 0.29) is 0 Å². The van der Waals surface area contributed by atoms with Crippen LogP contribution in [0.3, 0.4) is 0 Å². The van der Waals surface area contributed by atoms with Crippen LogP contribution in [0.4, 0.5) is 0 Å². The Morgan fingerprint density at radius 3 is 2.33 bits per heavy atom. The second kappa shape index (κ2) is 4.49. The van der Waals surface area contributed by atoms with Crippen molar-refractivity contribution < 1.29 is 4.74 Å². The molecule has 0 rings (SSSR count). The molecule has 0 heterocycles. The first-order valence-electron chi connectivity index (χ1n) is 2.74. The molecular formula is C5H12N2OS. The summed E-state index contributed by atoms with van der Waals surface area (Å²) >= 11 is 3.71. The van der Waals surface area contributed by atoms with E-state index in [1.807, 2.05) is 21.0 Å². The van der Waals surface area contributed by atoms with Crippen molar-refractivity contribution in [3.05, 3.63) is 0 Å². The second-order valence-corrected chi connectivity index (χ2v) is 1.91. The summed E-state index contributed by atoms with van der Waals surface area (Å²) < 4.78 is 8.64. The number of ether oxygens (including phenoxy) is 1. The third-order valence-corrected chi connectivity index (χ3v) is 0.913. The zero-order chi connectivity index (χ0) is 7.28. The van der Waals surface area contributed by atoms with Gasteiger partial charge in [-0.3, -0.25) is 0 Å². The normalized spacial score (nSPS) is 11.3. The van der Waals surface area contributed by atoms with E-state index in [0.29, 0.717) is 12.6 Å². The number of hydrogen-bond acceptors (Lipinski definition) is 3. The SMILES string of the molecule is CCO/C(=N\S)N(C)C. The van der Waals surface area contributed by atoms with E-state index in [4.69, 9.17) is 4.74 Å². The molecule has 0 aliphatic heterocycles. The van der Waals surface area contributed by atoms with Crippen LogP contribution < -0.4 is 0 Å². The molecular weight excluding hydrogens is 136 g/mol. The Bertz CT molecular complexity index is 103. The Morgan fingerprint density at radius 1 is 1.67 bits per heavy atom. The topological polar surface area (TPSA) is 24.8 Å². The molecule has 0 radical (unpaired) electrons. The molecule has 9 heavy (non-hydrogen) atoms. The van der Waals surface area contributed by atoms with Crippen LogP contribution in [0.5, 0.6) is 0 Å². The van der Waals surface area contributed by atoms with Crippen LogP contribution in [0.15, 0.2) is 4.40 Å². The minimum absolute atomic E-state index is 0.542. The molecule has 0 aromatic heterocycles. The van der Waals surface area contributed by atoms with Gasteiger partial charge in [0.05, 0.1) is 6.61 Å². The Kier molecular flexibility index (Phi) is 4.30. The third kappa shape index (κ3) is 3.24. The molecule has 0 atom stereocenters. The van der Waals surface area contributed by atoms with Crippen molar-refractivity contribution in [1.29, 1.82) is 0 Å². The van der Waals surface area contributed by atoms with Gasteiger partial charge >= 0.3 is 0 Å². The van der Waals surface area contributed by atoms with Crippen molar-refractivity contribution in [2.45, 2.75) is 6.92 Å². The summed E-state index contributed by atoms with van der Waals surface area (Å²) in [5, 5.41) is 0. The molecule has 0 aliphatic carbocycles. The first-order chi connectivity index (χ1) is 4.22. The molecule has 0 fully saturated rings. The summed E-state index contributed by atoms with van der Waals surface area (Å²) in [4.78, 5) is 1.76. The molecule has 3 nitrogen and oxygen atoms in total. The highest BCUT2D eigenvalue weighted by atomic mass is 32.1. The fourth-order valence-corrected chi connectivity index (χ4v) is 0.613. The first-order valence-corrected chi connectivity index (χ1v) is 3.14. The summed E-state index contributed by atoms with van der Waals surface area (Å²) in [5.41, 5.74) is 0. The highest BCUT2D eigenvalue weighted by Crippen LogP contribution is 1.88. The van der Waals surface area contributed by atoms with Crippen molar-refractivity contribution in [3.8, 4) is 0 Å². The van der Waals surface area contributed by atoms with E-state index in [1.54, 1.807) is 4.90 Å². The van der Waals surface area contributed by atoms with Gasteiger partial charge in [0.2, 0.25) is 0 Å². The number of rotatable bonds is 1. The van der Waals surface area contributed by atoms with Crippen LogP contribution in [0.2, 0.25) is 0 Å². The largest absolute Gasteiger partial charge is 0.465 e. The number of hydrogen-bond donors (Lipinski definition) is 1. The van der Waals surface area contributed by atoms with Gasteiger partial charge in [-0.05, 0) is 19.7 Å². The molecule has 54 valence electrons. The number of nitrogens with zero attached hydrogens (tertiary/aromatic N) is 2. The smallest absolute Gasteiger partial charge is 0.298 e. The van der Waals surface area contributed by atoms with Crippen LogP contribution in [0.1, 0.15) is 6.92 Å². The minimum atomic E-state index is 0.542. The van der Waals surface area contributed by atoms with E-state index < -0.39 is 0 Å². The molecule has 0 bridgehead atoms. The van der Waals surface area contributed by atoms with E-state index >= 15 is 0 Å². The number of amidine groups is 1. The molecule has 0 amide bonds. The molecule has 0 spiro atoms. The Labute approximate surface area is 61.3 Å². The Hall–Kier alpha value is -0.380. The lowest BCUT2D eigenvalue weighted by Crippen LogP contribution is -2.24. The van der Waals surface area contributed by atoms with Gasteiger partial charge in [-0.25, -0.2) is 0 Å². The average Bonchev–Trinajstić information content (AvgIpc) is 1.82. The number of thiol groups is 1. The summed E-state index contributed by atoms with van der Waals surface area (Å²) in [5.74, 6) is 0. The summed E-state index contributed by atoms with van der Waals surface area (Å²) in [6.45, 7) is 2.53. The molecule has 0 unspecified atom stereocenters. The molecule has 4 heteroatoms. The highest BCUT2D eigenvalue weighted by Gasteiger charge is 1.97. The van der Waals surface area contributed by atoms with Crippen molar-refractivity contribution in [1.82, 2.24) is 4.90 Å². The predicted molar refractivity (Wildman–Crippen MR) is 41.7 cm³/mol. The van der Waals surface area contributed by atoms with Gasteiger partial charge in [0.15, 0.2) is 0 Å². The van der Waals surface area contributed by atoms with Gasteiger partial charge in [-0.15, -0.1) is 0 Å². The quantitative estimate of drug-likeness (QED) is 0.338. The van der Waals surface area contributed by atoms with E-state index in [2.05, 4.69) is 17.2 Å². The van der Waals surface area contributed by atoms with Gasteiger partial charge in [0, 0.05) is 14.1 Å². The van der Waals surface area contributed by atoms with Crippen molar-refractivity contribution >= 4 is 18.8 Å². The van der Waals surface area contributed by atoms with E-state index in [0.717, 1.165) is 0 Å². The van der Waals surface area contributed by atoms with Gasteiger partial charge in [0.1, 0.15) is 0 Å². The third-order valence-electron chi connectivity index (χ3n) is 0.742. The fraction of sp³-hybridized carbons (Fsp3) is 0.800. The van der Waals surface area contributed by atoms with Crippen molar-refractivity contribution in [3.63, 3.8) is 0 Å². The molecule has 0 saturated carbocycles. The van der Waals surface area contributed by atoms with Crippen LogP contribution in [0.25, 0.3) is 0 Å². The van der Waals surface area contributed by atoms with Crippen LogP contribution >= 0.6 is 12.8 Å². The Morgan fingerprint density at radius 2 is 2.22 bits per heavy atom. The molecule has 0 aromatic carbocycles. The van der Waals surface area contributed by atoms with Crippen molar-refractivity contribution in [2.75, 3.05) is 20.7 Å². The van der Waals surface area contributed by atoms with Gasteiger partial charge < -0.3 is 9.64 Å². The van der Waals surface area contributed by atoms with Gasteiger partial charge in [-0.1, -0.05) is 0 Å². The Balaban J connectivity index is 3.70. The fourth-order valence-electron chi connectivity index (χ4n) is 0.377. The van der Waals surface area contributed by atoms with Crippen molar-refractivity contribution in [2.24, 2.45) is 4.40 Å². The summed E-state index contributed by atoms with van der Waals surface area (Å²) in [6.07, 6.45) is 0. The van der Waals surface area contributed by atoms with Gasteiger partial charge in [-0.2, -0.15) is 4.40 Å². The molecule has 0 aromatic rings. The van der Waals surface area contributed by atoms with Gasteiger partial charge in [0.25, 0.3) is 6.02 Å². The van der Waals surface area contributed by atoms with Crippen LogP contribution in [-0.2, 0) is 4.74 Å². The summed E-state index contributed by atoms with van der Waals surface area (Å²) in [7, 11) is 3.70. The highest BCUT2D eigenvalue weighted by molar-refractivity contribution is 7.79. The molecule has 0 saturated heterocycles. The zero-order valence-corrected chi connectivity index (χ0v) is 6.85. The maximum Gasteiger partial charge on any atom is 0.298 e. The lowest BCUT2D eigenvalue weighted by Gasteiger charge is -2.13. The maximum atomic E-state index is 5.05. The lowest BCUT2D eigenvalue weighted by atomic mass is 10.8. The summed E-state index contributed by atoms with van der Waals surface area (Å²) in [6, 6.07) is 0.542. The standard InChI is InChI=1S/C5H12N2OS/c1-4-8-5(6-9)7(2)3/h9H,4H2,1-3H3/b6-5-. The minimum Gasteiger partial charge on any atom is -0.465 e. The molecule has 0 N–H and O–H groups in total. The maximum absolute atomic E-state index is 5.05. The lowest BCUT2D eigenvalue weighted by molar-refractivity contribution is 0.276. The predicted octanol–water partition coefficient (Wildman–Crippen LogP) is 0.785. The first kappa shape index (κ1) is 8.62. The zero-order valence-electron chi connectivity index (χ0n) is 5.96. The second-order valence-electron chi connectivity index (χ2n) is 1.71. The van der Waals surface area contributed by atoms with Crippen LogP contribution in [-0.4, -0.2) is 31.6 Å². The van der Waals surface area contributed by atoms with Crippen LogP contribution in [0, 0.1) is 0 Å². The van der Waals surface area contributed by atoms with E-state index in [9.17, 15) is 0 Å².